The molecule has 2 saturated carbocycles. The minimum atomic E-state index is -0.123. The van der Waals surface area contributed by atoms with Crippen LogP contribution in [0.1, 0.15) is 60.3 Å². The summed E-state index contributed by atoms with van der Waals surface area (Å²) in [5.41, 5.74) is 3.90. The van der Waals surface area contributed by atoms with Crippen molar-refractivity contribution in [2.24, 2.45) is 34.5 Å². The van der Waals surface area contributed by atoms with E-state index in [9.17, 15) is 9.59 Å². The van der Waals surface area contributed by atoms with Crippen LogP contribution in [0.25, 0.3) is 0 Å². The number of rotatable bonds is 7. The molecule has 1 saturated heterocycles. The van der Waals surface area contributed by atoms with Crippen LogP contribution in [0.15, 0.2) is 53.8 Å². The number of ketones is 2. The highest BCUT2D eigenvalue weighted by Crippen LogP contribution is 2.65. The normalized spacial score (nSPS) is 34.9. The van der Waals surface area contributed by atoms with Crippen LogP contribution >= 0.6 is 0 Å². The fourth-order valence-electron chi connectivity index (χ4n) is 9.46. The number of allylic oxidation sites excluding steroid dienone is 6. The number of nitrogens with zero attached hydrogens (tertiary/aromatic N) is 4. The molecule has 0 aromatic carbocycles. The van der Waals surface area contributed by atoms with E-state index in [0.29, 0.717) is 30.1 Å². The van der Waals surface area contributed by atoms with Gasteiger partial charge in [0.25, 0.3) is 0 Å². The standard InChI is InChI=1S/C35H48N4O2/c1-6-38(7-2)30-9-8-16-36-33(30)39-19-17-37(18-20-39)23-31(41)32-24(3)21-29-27-11-10-25-22-26(40)12-14-34(25,4)28(27)13-15-35(29,32)5/h8-9,12-14,16,22,24,27,29,32H,6-7,10-11,15,17-21,23H2,1-5H3/t24-,27-,29+,32-,34+,35+/m1/s1. The second kappa shape index (κ2) is 10.8. The van der Waals surface area contributed by atoms with Gasteiger partial charge >= 0.3 is 0 Å². The molecule has 1 aliphatic heterocycles. The summed E-state index contributed by atoms with van der Waals surface area (Å²) >= 11 is 0. The number of aromatic nitrogens is 1. The Kier molecular flexibility index (Phi) is 7.50. The lowest BCUT2D eigenvalue weighted by atomic mass is 9.52. The molecule has 0 radical (unpaired) electrons. The minimum Gasteiger partial charge on any atom is -0.369 e. The molecular formula is C35H48N4O2. The summed E-state index contributed by atoms with van der Waals surface area (Å²) < 4.78 is 0. The minimum absolute atomic E-state index is 0.0187. The number of piperazine rings is 1. The molecule has 6 heteroatoms. The zero-order valence-corrected chi connectivity index (χ0v) is 25.7. The lowest BCUT2D eigenvalue weighted by Crippen LogP contribution is -2.51. The van der Waals surface area contributed by atoms with Gasteiger partial charge in [0, 0.05) is 56.8 Å². The van der Waals surface area contributed by atoms with Crippen LogP contribution in [0.4, 0.5) is 11.5 Å². The van der Waals surface area contributed by atoms with E-state index in [1.807, 2.05) is 18.3 Å². The third kappa shape index (κ3) is 4.70. The van der Waals surface area contributed by atoms with Crippen molar-refractivity contribution in [1.82, 2.24) is 9.88 Å². The summed E-state index contributed by atoms with van der Waals surface area (Å²) in [6, 6.07) is 4.21. The Morgan fingerprint density at radius 1 is 1.15 bits per heavy atom. The number of carbonyl (C=O) groups is 2. The summed E-state index contributed by atoms with van der Waals surface area (Å²) in [5.74, 6) is 3.21. The van der Waals surface area contributed by atoms with Crippen molar-refractivity contribution >= 4 is 23.1 Å². The van der Waals surface area contributed by atoms with Gasteiger partial charge in [-0.1, -0.05) is 37.1 Å². The Morgan fingerprint density at radius 3 is 2.63 bits per heavy atom. The Balaban J connectivity index is 1.14. The van der Waals surface area contributed by atoms with E-state index in [1.54, 1.807) is 6.08 Å². The van der Waals surface area contributed by atoms with Gasteiger partial charge in [-0.25, -0.2) is 4.98 Å². The number of hydrogen-bond acceptors (Lipinski definition) is 6. The first-order valence-electron chi connectivity index (χ1n) is 16.0. The predicted molar refractivity (Wildman–Crippen MR) is 166 cm³/mol. The highest BCUT2D eigenvalue weighted by Gasteiger charge is 2.59. The fourth-order valence-corrected chi connectivity index (χ4v) is 9.46. The van der Waals surface area contributed by atoms with Crippen molar-refractivity contribution in [3.63, 3.8) is 0 Å². The van der Waals surface area contributed by atoms with Crippen molar-refractivity contribution in [3.8, 4) is 0 Å². The molecule has 220 valence electrons. The van der Waals surface area contributed by atoms with E-state index in [-0.39, 0.29) is 22.5 Å². The van der Waals surface area contributed by atoms with Gasteiger partial charge in [0.2, 0.25) is 0 Å². The Hall–Kier alpha value is -2.73. The van der Waals surface area contributed by atoms with Gasteiger partial charge in [-0.05, 0) is 93.9 Å². The number of hydrogen-bond donors (Lipinski definition) is 0. The van der Waals surface area contributed by atoms with Crippen molar-refractivity contribution in [2.45, 2.75) is 60.3 Å². The lowest BCUT2D eigenvalue weighted by Gasteiger charge is -2.52. The molecule has 2 heterocycles. The monoisotopic (exact) mass is 556 g/mol. The van der Waals surface area contributed by atoms with Crippen LogP contribution in [0, 0.1) is 34.5 Å². The Morgan fingerprint density at radius 2 is 1.90 bits per heavy atom. The molecule has 6 rings (SSSR count). The topological polar surface area (TPSA) is 56.8 Å². The molecule has 0 spiro atoms. The van der Waals surface area contributed by atoms with E-state index in [1.165, 1.54) is 16.8 Å². The van der Waals surface area contributed by atoms with E-state index < -0.39 is 0 Å². The SMILES string of the molecule is CCN(CC)c1cccnc1N1CCN(CC(=O)[C@H]2[C@H](C)C[C@H]3[C@@H]4CCC5=CC(=O)C=C[C@]5(C)C4=CC[C@@]32C)CC1. The molecule has 0 unspecified atom stereocenters. The average Bonchev–Trinajstić information content (AvgIpc) is 3.25. The van der Waals surface area contributed by atoms with Crippen LogP contribution in [-0.4, -0.2) is 67.3 Å². The lowest BCUT2D eigenvalue weighted by molar-refractivity contribution is -0.129. The first-order chi connectivity index (χ1) is 19.7. The Labute approximate surface area is 246 Å². The van der Waals surface area contributed by atoms with Gasteiger partial charge in [0.1, 0.15) is 0 Å². The average molecular weight is 557 g/mol. The highest BCUT2D eigenvalue weighted by atomic mass is 16.1. The maximum absolute atomic E-state index is 14.1. The molecule has 3 fully saturated rings. The molecule has 0 N–H and O–H groups in total. The maximum Gasteiger partial charge on any atom is 0.178 e. The van der Waals surface area contributed by atoms with Crippen molar-refractivity contribution in [1.29, 1.82) is 0 Å². The summed E-state index contributed by atoms with van der Waals surface area (Å²) in [7, 11) is 0. The predicted octanol–water partition coefficient (Wildman–Crippen LogP) is 5.71. The fraction of sp³-hybridized carbons (Fsp3) is 0.629. The smallest absolute Gasteiger partial charge is 0.178 e. The molecule has 4 aliphatic carbocycles. The second-order valence-corrected chi connectivity index (χ2v) is 13.7. The number of fused-ring (bicyclic) bond motifs is 5. The van der Waals surface area contributed by atoms with Crippen molar-refractivity contribution in [2.75, 3.05) is 55.6 Å². The van der Waals surface area contributed by atoms with Gasteiger partial charge in [-0.15, -0.1) is 0 Å². The number of anilines is 2. The number of carbonyl (C=O) groups excluding carboxylic acids is 2. The van der Waals surface area contributed by atoms with Gasteiger partial charge in [0.15, 0.2) is 17.4 Å². The second-order valence-electron chi connectivity index (χ2n) is 13.7. The Bertz CT molecular complexity index is 1290. The van der Waals surface area contributed by atoms with Crippen molar-refractivity contribution < 1.29 is 9.59 Å². The van der Waals surface area contributed by atoms with Gasteiger partial charge in [-0.2, -0.15) is 0 Å². The van der Waals surface area contributed by atoms with Crippen LogP contribution < -0.4 is 9.80 Å². The largest absolute Gasteiger partial charge is 0.369 e. The third-order valence-corrected chi connectivity index (χ3v) is 11.6. The molecular weight excluding hydrogens is 508 g/mol. The zero-order chi connectivity index (χ0) is 28.9. The first kappa shape index (κ1) is 28.4. The van der Waals surface area contributed by atoms with E-state index in [4.69, 9.17) is 4.98 Å². The molecule has 6 atom stereocenters. The van der Waals surface area contributed by atoms with Crippen LogP contribution in [0.3, 0.4) is 0 Å². The number of pyridine rings is 1. The molecule has 0 amide bonds. The third-order valence-electron chi connectivity index (χ3n) is 11.6. The van der Waals surface area contributed by atoms with Crippen LogP contribution in [-0.2, 0) is 9.59 Å². The van der Waals surface area contributed by atoms with Gasteiger partial charge in [0.05, 0.1) is 12.2 Å². The molecule has 1 aromatic heterocycles. The van der Waals surface area contributed by atoms with E-state index in [2.05, 4.69) is 67.5 Å². The van der Waals surface area contributed by atoms with Crippen LogP contribution in [0.2, 0.25) is 0 Å². The van der Waals surface area contributed by atoms with Crippen LogP contribution in [0.5, 0.6) is 0 Å². The van der Waals surface area contributed by atoms with Gasteiger partial charge < -0.3 is 9.80 Å². The molecule has 5 aliphatic rings. The highest BCUT2D eigenvalue weighted by molar-refractivity contribution is 6.01. The summed E-state index contributed by atoms with van der Waals surface area (Å²) in [4.78, 5) is 38.1. The molecule has 0 bridgehead atoms. The summed E-state index contributed by atoms with van der Waals surface area (Å²) in [5, 5.41) is 0. The van der Waals surface area contributed by atoms with E-state index in [0.717, 1.165) is 70.8 Å². The quantitative estimate of drug-likeness (QED) is 0.401. The summed E-state index contributed by atoms with van der Waals surface area (Å²) in [6.07, 6.45) is 14.4. The van der Waals surface area contributed by atoms with Gasteiger partial charge in [-0.3, -0.25) is 14.5 Å². The number of Topliss-reactive ketones (excluding diaryl/α,β-unsaturated/α-hetero) is 1. The molecule has 6 nitrogen and oxygen atoms in total. The molecule has 41 heavy (non-hydrogen) atoms. The zero-order valence-electron chi connectivity index (χ0n) is 25.7. The first-order valence-corrected chi connectivity index (χ1v) is 16.0. The molecule has 1 aromatic rings. The summed E-state index contributed by atoms with van der Waals surface area (Å²) in [6.45, 7) is 17.5. The van der Waals surface area contributed by atoms with Crippen molar-refractivity contribution in [3.05, 3.63) is 53.8 Å². The maximum atomic E-state index is 14.1. The van der Waals surface area contributed by atoms with E-state index >= 15 is 0 Å².